The number of allylic oxidation sites excluding steroid dienone is 4. The van der Waals surface area contributed by atoms with Gasteiger partial charge in [0.15, 0.2) is 0 Å². The van der Waals surface area contributed by atoms with Crippen LogP contribution in [0.25, 0.3) is 0 Å². The normalized spacial score (nSPS) is 17.6. The van der Waals surface area contributed by atoms with Gasteiger partial charge in [0.1, 0.15) is 0 Å². The number of halogens is 3. The summed E-state index contributed by atoms with van der Waals surface area (Å²) in [5.74, 6) is 0. The van der Waals surface area contributed by atoms with Crippen LogP contribution in [0.3, 0.4) is 0 Å². The Kier molecular flexibility index (Phi) is 10.7. The first kappa shape index (κ1) is 31.0. The van der Waals surface area contributed by atoms with Crippen LogP contribution in [0.4, 0.5) is 0 Å². The zero-order valence-corrected chi connectivity index (χ0v) is 25.5. The van der Waals surface area contributed by atoms with E-state index in [0.29, 0.717) is 0 Å². The monoisotopic (exact) mass is 560 g/mol. The van der Waals surface area contributed by atoms with Gasteiger partial charge < -0.3 is 37.2 Å². The Labute approximate surface area is 237 Å². The van der Waals surface area contributed by atoms with E-state index < -0.39 is 8.07 Å². The second kappa shape index (κ2) is 11.8. The molecule has 1 unspecified atom stereocenters. The maximum Gasteiger partial charge on any atom is -1.00 e. The Bertz CT molecular complexity index is 1150. The third kappa shape index (κ3) is 4.34. The number of hydrogen-bond donors (Lipinski definition) is 0. The molecule has 0 aromatic heterocycles. The molecule has 0 nitrogen and oxygen atoms in total. The van der Waals surface area contributed by atoms with Crippen LogP contribution in [0.1, 0.15) is 38.8 Å². The molecule has 0 radical (unpaired) electrons. The predicted octanol–water partition coefficient (Wildman–Crippen LogP) is -3.28. The van der Waals surface area contributed by atoms with Crippen molar-refractivity contribution in [1.29, 1.82) is 0 Å². The molecule has 34 heavy (non-hydrogen) atoms. The van der Waals surface area contributed by atoms with E-state index in [-0.39, 0.29) is 42.3 Å². The molecule has 0 saturated carbocycles. The average Bonchev–Trinajstić information content (AvgIpc) is 2.93. The molecule has 0 bridgehead atoms. The van der Waals surface area contributed by atoms with Crippen molar-refractivity contribution in [2.24, 2.45) is 0 Å². The van der Waals surface area contributed by atoms with E-state index >= 15 is 0 Å². The summed E-state index contributed by atoms with van der Waals surface area (Å²) >= 11 is 2.39. The Balaban J connectivity index is 0.00000193. The average molecular weight is 562 g/mol. The summed E-state index contributed by atoms with van der Waals surface area (Å²) in [4.78, 5) is 0. The SMILES string of the molecule is CC1=C(C)C(C)([Si](c2ccccc2)(c2ccccc2C)c2ccccc2C)[C]([Ti+3])=C1C.[Cl-].[Cl-].[Cl-]. The molecule has 0 saturated heterocycles. The topological polar surface area (TPSA) is 0 Å². The van der Waals surface area contributed by atoms with Gasteiger partial charge in [-0.1, -0.05) is 0 Å². The van der Waals surface area contributed by atoms with Crippen molar-refractivity contribution in [1.82, 2.24) is 0 Å². The summed E-state index contributed by atoms with van der Waals surface area (Å²) in [5, 5.41) is 4.50. The molecule has 0 fully saturated rings. The largest absolute Gasteiger partial charge is 1.00 e. The Hall–Kier alpha value is -1.06. The first-order valence-electron chi connectivity index (χ1n) is 11.1. The zero-order chi connectivity index (χ0) is 22.4. The molecular formula is C29H31Cl3SiTi. The van der Waals surface area contributed by atoms with Gasteiger partial charge in [-0.25, -0.2) is 0 Å². The van der Waals surface area contributed by atoms with Gasteiger partial charge in [-0.15, -0.1) is 0 Å². The fourth-order valence-electron chi connectivity index (χ4n) is 5.83. The van der Waals surface area contributed by atoms with Crippen LogP contribution in [0.15, 0.2) is 99.5 Å². The van der Waals surface area contributed by atoms with Gasteiger partial charge in [0.2, 0.25) is 0 Å². The summed E-state index contributed by atoms with van der Waals surface area (Å²) in [6, 6.07) is 29.6. The molecule has 1 atom stereocenters. The van der Waals surface area contributed by atoms with Crippen LogP contribution in [0.2, 0.25) is 5.04 Å². The molecule has 0 spiro atoms. The minimum atomic E-state index is -2.53. The summed E-state index contributed by atoms with van der Waals surface area (Å²) in [5.41, 5.74) is 7.25. The van der Waals surface area contributed by atoms with Gasteiger partial charge in [0, 0.05) is 0 Å². The number of rotatable bonds is 4. The summed E-state index contributed by atoms with van der Waals surface area (Å²) < 4.78 is 1.53. The fraction of sp³-hybridized carbons (Fsp3) is 0.241. The minimum absolute atomic E-state index is 0. The molecule has 1 aliphatic carbocycles. The molecule has 0 aliphatic heterocycles. The van der Waals surface area contributed by atoms with Gasteiger partial charge in [-0.3, -0.25) is 0 Å². The first-order chi connectivity index (χ1) is 14.8. The Morgan fingerprint density at radius 3 is 1.38 bits per heavy atom. The molecule has 0 N–H and O–H groups in total. The Morgan fingerprint density at radius 1 is 0.588 bits per heavy atom. The van der Waals surface area contributed by atoms with Crippen LogP contribution in [0.5, 0.6) is 0 Å². The van der Waals surface area contributed by atoms with E-state index in [4.69, 9.17) is 0 Å². The second-order valence-corrected chi connectivity index (χ2v) is 14.1. The zero-order valence-electron chi connectivity index (χ0n) is 20.6. The van der Waals surface area contributed by atoms with Crippen molar-refractivity contribution in [3.05, 3.63) is 111 Å². The molecule has 3 aromatic rings. The molecule has 0 amide bonds. The van der Waals surface area contributed by atoms with E-state index in [1.165, 1.54) is 47.3 Å². The van der Waals surface area contributed by atoms with Crippen LogP contribution in [0, 0.1) is 13.8 Å². The molecule has 0 heterocycles. The number of hydrogen-bond acceptors (Lipinski definition) is 0. The molecule has 4 rings (SSSR count). The van der Waals surface area contributed by atoms with Crippen LogP contribution >= 0.6 is 0 Å². The molecule has 1 aliphatic rings. The van der Waals surface area contributed by atoms with Gasteiger partial charge in [-0.2, -0.15) is 0 Å². The van der Waals surface area contributed by atoms with Crippen LogP contribution in [-0.2, 0) is 20.4 Å². The van der Waals surface area contributed by atoms with Crippen molar-refractivity contribution in [3.8, 4) is 0 Å². The predicted molar refractivity (Wildman–Crippen MR) is 133 cm³/mol. The number of benzene rings is 3. The van der Waals surface area contributed by atoms with Crippen LogP contribution < -0.4 is 52.8 Å². The van der Waals surface area contributed by atoms with E-state index in [1.807, 2.05) is 0 Å². The van der Waals surface area contributed by atoms with Crippen molar-refractivity contribution in [3.63, 3.8) is 0 Å². The molecule has 176 valence electrons. The maximum absolute atomic E-state index is 2.54. The van der Waals surface area contributed by atoms with Gasteiger partial charge in [-0.05, 0) is 0 Å². The van der Waals surface area contributed by atoms with E-state index in [9.17, 15) is 0 Å². The molecular weight excluding hydrogens is 531 g/mol. The third-order valence-corrected chi connectivity index (χ3v) is 15.6. The maximum atomic E-state index is 2.54. The second-order valence-electron chi connectivity index (χ2n) is 9.12. The van der Waals surface area contributed by atoms with Gasteiger partial charge in [0.25, 0.3) is 0 Å². The van der Waals surface area contributed by atoms with Crippen LogP contribution in [-0.4, -0.2) is 8.07 Å². The van der Waals surface area contributed by atoms with Crippen molar-refractivity contribution >= 4 is 23.6 Å². The summed E-state index contributed by atoms with van der Waals surface area (Å²) in [7, 11) is -2.53. The molecule has 5 heteroatoms. The Morgan fingerprint density at radius 2 is 1.00 bits per heavy atom. The summed E-state index contributed by atoms with van der Waals surface area (Å²) in [6.45, 7) is 14.2. The smallest absolute Gasteiger partial charge is 1.00 e. The van der Waals surface area contributed by atoms with Crippen molar-refractivity contribution in [2.45, 2.75) is 46.6 Å². The van der Waals surface area contributed by atoms with Gasteiger partial charge >= 0.3 is 201 Å². The third-order valence-electron chi connectivity index (χ3n) is 7.80. The minimum Gasteiger partial charge on any atom is -1.00 e. The standard InChI is InChI=1S/C29H31Si.3ClH.Ti/c1-21-14-10-12-18-27(21)30(26-16-8-7-9-17-26,28-19-13-11-15-22(28)2)29(6)20-23(3)24(4)25(29)5;;;;/h7-19H,1-6H3;3*1H;/q;;;;+3/p-3. The fourth-order valence-corrected chi connectivity index (χ4v) is 13.9. The number of aryl methyl sites for hydroxylation is 2. The summed E-state index contributed by atoms with van der Waals surface area (Å²) in [6.07, 6.45) is 0. The van der Waals surface area contributed by atoms with Gasteiger partial charge in [0.05, 0.1) is 0 Å². The quantitative estimate of drug-likeness (QED) is 0.232. The van der Waals surface area contributed by atoms with Crippen molar-refractivity contribution in [2.75, 3.05) is 0 Å². The van der Waals surface area contributed by atoms with E-state index in [1.54, 1.807) is 0 Å². The first-order valence-corrected chi connectivity index (χ1v) is 13.8. The van der Waals surface area contributed by atoms with E-state index in [2.05, 4.69) is 141 Å². The van der Waals surface area contributed by atoms with Crippen molar-refractivity contribution < 1.29 is 57.7 Å². The molecule has 3 aromatic carbocycles. The van der Waals surface area contributed by atoms with E-state index in [0.717, 1.165) is 0 Å².